The summed E-state index contributed by atoms with van der Waals surface area (Å²) in [4.78, 5) is 41.0. The predicted octanol–water partition coefficient (Wildman–Crippen LogP) is -4.02. The van der Waals surface area contributed by atoms with Gasteiger partial charge in [-0.05, 0) is 100 Å². The van der Waals surface area contributed by atoms with E-state index in [9.17, 15) is 86.2 Å². The van der Waals surface area contributed by atoms with E-state index in [1.807, 2.05) is 6.92 Å². The molecule has 10 fully saturated rings. The quantitative estimate of drug-likeness (QED) is 0.0212. The molecule has 588 valence electrons. The Morgan fingerprint density at radius 2 is 1.15 bits per heavy atom. The van der Waals surface area contributed by atoms with Crippen LogP contribution in [0.3, 0.4) is 0 Å². The van der Waals surface area contributed by atoms with Gasteiger partial charge in [-0.15, -0.1) is 6.58 Å². The Labute approximate surface area is 595 Å². The van der Waals surface area contributed by atoms with Gasteiger partial charge in [0.05, 0.1) is 56.6 Å². The van der Waals surface area contributed by atoms with E-state index in [1.54, 1.807) is 6.92 Å². The molecule has 1 spiro atoms. The molecule has 0 aromatic heterocycles. The van der Waals surface area contributed by atoms with Crippen LogP contribution in [-0.2, 0) is 90.2 Å². The number of ether oxygens (including phenoxy) is 16. The number of hydrogen-bond donors (Lipinski definition) is 15. The molecular formula is C69H108O34. The first-order valence-corrected chi connectivity index (χ1v) is 35.7. The summed E-state index contributed by atoms with van der Waals surface area (Å²) in [5.74, 6) is -2.55. The number of cyclic esters (lactones) is 1. The molecule has 4 aliphatic carbocycles. The van der Waals surface area contributed by atoms with Crippen LogP contribution >= 0.6 is 0 Å². The van der Waals surface area contributed by atoms with Crippen LogP contribution in [-0.4, -0.2) is 331 Å². The third-order valence-electron chi connectivity index (χ3n) is 24.7. The Bertz CT molecular complexity index is 2990. The van der Waals surface area contributed by atoms with Crippen LogP contribution in [0.25, 0.3) is 0 Å². The van der Waals surface area contributed by atoms with E-state index < -0.39 is 274 Å². The molecule has 34 heteroatoms. The van der Waals surface area contributed by atoms with Crippen LogP contribution in [0, 0.1) is 39.4 Å². The fraction of sp³-hybridized carbons (Fsp3) is 0.899. The molecule has 0 bridgehead atoms. The Hall–Kier alpha value is -3.23. The standard InChI is InChI=1S/C69H108O34/c1-26(2)12-15-40(93-29(5)74)68(10)57-33(92-28(4)73)20-67(9)31-13-14-38-65(6,7)39(17-18-66(38,8)30(31)16-19-69(57,67)64(87)103-68)98-63-56(43(78)37(25-90-63)97-60-49(84)46(81)54(36(23-72)96-60)101-61-47(82)44(79)41(76)34(21-70)94-61)102-59-48(83)45(80)52(27(3)91-59)99-58-50(85)53(32(75)24-89-58)100-62-51(86)55(88-11)42(77)35(22-71)95-62/h16,27,31-63,70-72,75-86H,1,12-15,17-25H2,2-11H3. The molecule has 103 heavy (non-hydrogen) atoms. The molecule has 7 aliphatic heterocycles. The SMILES string of the molecule is C=C(C)CCC(OC(C)=O)C1(C)OC(=O)C23CC=C4C(CCC5C4(C)CCC(OC4OCC(OC6OC(CO)C(OC7OC(CO)C(O)C(O)C7O)C(O)C6O)C(O)C4OC4OC(C)C(OC6OCC(O)C(OC7OC(CO)C(O)C(OC)C7O)C6O)C(O)C4O)C5(C)C)C2(C)CC(OC(C)=O)C13. The molecule has 38 unspecified atom stereocenters. The molecule has 11 rings (SSSR count). The zero-order chi connectivity index (χ0) is 75.2. The first-order chi connectivity index (χ1) is 48.5. The highest BCUT2D eigenvalue weighted by Crippen LogP contribution is 2.77. The summed E-state index contributed by atoms with van der Waals surface area (Å²) in [5.41, 5.74) is -2.66. The average Bonchev–Trinajstić information content (AvgIpc) is 1.50. The van der Waals surface area contributed by atoms with Crippen molar-refractivity contribution in [2.75, 3.05) is 40.1 Å². The molecular weight excluding hydrogens is 1370 g/mol. The topological polar surface area (TPSA) is 502 Å². The van der Waals surface area contributed by atoms with Crippen LogP contribution in [0.2, 0.25) is 0 Å². The van der Waals surface area contributed by atoms with Crippen molar-refractivity contribution < 1.29 is 167 Å². The van der Waals surface area contributed by atoms with E-state index in [0.29, 0.717) is 44.9 Å². The maximum absolute atomic E-state index is 15.1. The highest BCUT2D eigenvalue weighted by molar-refractivity contribution is 5.84. The molecule has 0 amide bonds. The third-order valence-corrected chi connectivity index (χ3v) is 24.7. The first-order valence-electron chi connectivity index (χ1n) is 35.7. The van der Waals surface area contributed by atoms with Crippen molar-refractivity contribution in [2.45, 2.75) is 310 Å². The third kappa shape index (κ3) is 14.4. The molecule has 0 radical (unpaired) electrons. The largest absolute Gasteiger partial charge is 0.462 e. The summed E-state index contributed by atoms with van der Waals surface area (Å²) >= 11 is 0. The molecule has 38 atom stereocenters. The second-order valence-electron chi connectivity index (χ2n) is 31.4. The predicted molar refractivity (Wildman–Crippen MR) is 342 cm³/mol. The van der Waals surface area contributed by atoms with Gasteiger partial charge in [-0.3, -0.25) is 14.4 Å². The van der Waals surface area contributed by atoms with E-state index in [0.717, 1.165) is 11.1 Å². The van der Waals surface area contributed by atoms with Gasteiger partial charge < -0.3 is 152 Å². The number of rotatable bonds is 22. The van der Waals surface area contributed by atoms with Crippen molar-refractivity contribution in [3.8, 4) is 0 Å². The molecule has 0 aromatic carbocycles. The fourth-order valence-electron chi connectivity index (χ4n) is 19.4. The van der Waals surface area contributed by atoms with Gasteiger partial charge in [0.25, 0.3) is 0 Å². The lowest BCUT2D eigenvalue weighted by Gasteiger charge is -2.63. The molecule has 7 heterocycles. The molecule has 15 N–H and O–H groups in total. The van der Waals surface area contributed by atoms with Crippen molar-refractivity contribution in [1.82, 2.24) is 0 Å². The monoisotopic (exact) mass is 1480 g/mol. The number of aliphatic hydroxyl groups is 15. The Morgan fingerprint density at radius 1 is 0.583 bits per heavy atom. The molecule has 34 nitrogen and oxygen atoms in total. The minimum Gasteiger partial charge on any atom is -0.462 e. The smallest absolute Gasteiger partial charge is 0.314 e. The van der Waals surface area contributed by atoms with Gasteiger partial charge in [0, 0.05) is 21.0 Å². The van der Waals surface area contributed by atoms with Crippen LogP contribution in [0.5, 0.6) is 0 Å². The number of aliphatic hydroxyl groups excluding tert-OH is 15. The van der Waals surface area contributed by atoms with Crippen molar-refractivity contribution in [3.05, 3.63) is 23.8 Å². The highest BCUT2D eigenvalue weighted by atomic mass is 16.8. The Morgan fingerprint density at radius 3 is 1.78 bits per heavy atom. The number of fused-ring (bicyclic) bond motifs is 4. The van der Waals surface area contributed by atoms with E-state index in [1.165, 1.54) is 27.9 Å². The summed E-state index contributed by atoms with van der Waals surface area (Å²) < 4.78 is 96.7. The zero-order valence-corrected chi connectivity index (χ0v) is 59.6. The average molecular weight is 1480 g/mol. The Balaban J connectivity index is 0.835. The van der Waals surface area contributed by atoms with E-state index in [2.05, 4.69) is 40.3 Å². The van der Waals surface area contributed by atoms with Crippen molar-refractivity contribution >= 4 is 17.9 Å². The minimum absolute atomic E-state index is 0.124. The van der Waals surface area contributed by atoms with Crippen LogP contribution in [0.15, 0.2) is 23.8 Å². The lowest BCUT2D eigenvalue weighted by Crippen LogP contribution is -2.67. The fourth-order valence-corrected chi connectivity index (χ4v) is 19.4. The number of carbonyl (C=O) groups is 3. The van der Waals surface area contributed by atoms with Crippen LogP contribution < -0.4 is 0 Å². The maximum atomic E-state index is 15.1. The Kier molecular flexibility index (Phi) is 24.5. The summed E-state index contributed by atoms with van der Waals surface area (Å²) in [7, 11) is 1.19. The van der Waals surface area contributed by atoms with Gasteiger partial charge >= 0.3 is 17.9 Å². The summed E-state index contributed by atoms with van der Waals surface area (Å²) in [6, 6.07) is 0. The van der Waals surface area contributed by atoms with E-state index in [4.69, 9.17) is 75.8 Å². The van der Waals surface area contributed by atoms with Gasteiger partial charge in [-0.25, -0.2) is 0 Å². The van der Waals surface area contributed by atoms with Gasteiger partial charge in [0.2, 0.25) is 0 Å². The van der Waals surface area contributed by atoms with Crippen LogP contribution in [0.4, 0.5) is 0 Å². The van der Waals surface area contributed by atoms with Crippen molar-refractivity contribution in [2.24, 2.45) is 39.4 Å². The van der Waals surface area contributed by atoms with Gasteiger partial charge in [-0.1, -0.05) is 44.9 Å². The number of methoxy groups -OCH3 is 1. The van der Waals surface area contributed by atoms with E-state index in [-0.39, 0.29) is 18.3 Å². The normalized spacial score (nSPS) is 50.7. The summed E-state index contributed by atoms with van der Waals surface area (Å²) in [6.45, 7) is 16.6. The first kappa shape index (κ1) is 80.8. The lowest BCUT2D eigenvalue weighted by atomic mass is 9.41. The maximum Gasteiger partial charge on any atom is 0.314 e. The summed E-state index contributed by atoms with van der Waals surface area (Å²) in [5, 5.41) is 166. The second-order valence-corrected chi connectivity index (χ2v) is 31.4. The zero-order valence-electron chi connectivity index (χ0n) is 59.6. The van der Waals surface area contributed by atoms with Gasteiger partial charge in [-0.2, -0.15) is 0 Å². The second kappa shape index (κ2) is 31.3. The van der Waals surface area contributed by atoms with Crippen molar-refractivity contribution in [1.29, 1.82) is 0 Å². The van der Waals surface area contributed by atoms with Crippen molar-refractivity contribution in [3.63, 3.8) is 0 Å². The molecule has 3 saturated carbocycles. The number of esters is 3. The lowest BCUT2D eigenvalue weighted by molar-refractivity contribution is -0.394. The number of carbonyl (C=O) groups excluding carboxylic acids is 3. The van der Waals surface area contributed by atoms with Gasteiger partial charge in [0.15, 0.2) is 43.3 Å². The number of hydrogen-bond acceptors (Lipinski definition) is 34. The molecule has 11 aliphatic rings. The van der Waals surface area contributed by atoms with Gasteiger partial charge in [0.1, 0.15) is 140 Å². The molecule has 7 saturated heterocycles. The number of allylic oxidation sites excluding steroid dienone is 3. The summed E-state index contributed by atoms with van der Waals surface area (Å²) in [6.07, 6.45) is -44.6. The van der Waals surface area contributed by atoms with Crippen LogP contribution in [0.1, 0.15) is 114 Å². The highest BCUT2D eigenvalue weighted by Gasteiger charge is 2.81. The van der Waals surface area contributed by atoms with E-state index >= 15 is 4.79 Å². The minimum atomic E-state index is -2.07. The molecule has 0 aromatic rings.